The number of carbonyl (C=O) groups excluding carboxylic acids is 2. The van der Waals surface area contributed by atoms with E-state index in [1.165, 1.54) is 35.4 Å². The molecule has 4 rings (SSSR count). The SMILES string of the molecule is Cc1cc(NC(=O)NC(=O)c2c(F)cccc2Cl)ccc1Oc1ccc(N(C)C)c2c1CCCC2. The molecular formula is C27H27ClFN3O3. The summed E-state index contributed by atoms with van der Waals surface area (Å²) in [7, 11) is 4.10. The van der Waals surface area contributed by atoms with Gasteiger partial charge in [-0.25, -0.2) is 9.18 Å². The molecule has 6 nitrogen and oxygen atoms in total. The Hall–Kier alpha value is -3.58. The Morgan fingerprint density at radius 3 is 2.40 bits per heavy atom. The first kappa shape index (κ1) is 24.5. The van der Waals surface area contributed by atoms with Gasteiger partial charge in [-0.15, -0.1) is 0 Å². The van der Waals surface area contributed by atoms with Gasteiger partial charge in [-0.2, -0.15) is 0 Å². The third kappa shape index (κ3) is 5.41. The number of amides is 3. The van der Waals surface area contributed by atoms with E-state index in [4.69, 9.17) is 16.3 Å². The van der Waals surface area contributed by atoms with E-state index in [1.54, 1.807) is 18.2 Å². The van der Waals surface area contributed by atoms with Crippen LogP contribution in [0.1, 0.15) is 39.9 Å². The van der Waals surface area contributed by atoms with Crippen molar-refractivity contribution in [1.29, 1.82) is 0 Å². The lowest BCUT2D eigenvalue weighted by molar-refractivity contribution is 0.0963. The largest absolute Gasteiger partial charge is 0.457 e. The summed E-state index contributed by atoms with van der Waals surface area (Å²) in [5.41, 5.74) is 4.70. The molecule has 0 heterocycles. The monoisotopic (exact) mass is 495 g/mol. The molecule has 0 aromatic heterocycles. The molecule has 0 saturated heterocycles. The summed E-state index contributed by atoms with van der Waals surface area (Å²) in [6.45, 7) is 1.88. The van der Waals surface area contributed by atoms with Crippen LogP contribution >= 0.6 is 11.6 Å². The van der Waals surface area contributed by atoms with Crippen molar-refractivity contribution in [3.05, 3.63) is 81.6 Å². The lowest BCUT2D eigenvalue weighted by Crippen LogP contribution is -2.35. The fourth-order valence-electron chi connectivity index (χ4n) is 4.33. The van der Waals surface area contributed by atoms with Gasteiger partial charge < -0.3 is 15.0 Å². The molecule has 3 aromatic carbocycles. The van der Waals surface area contributed by atoms with Gasteiger partial charge in [-0.3, -0.25) is 10.1 Å². The first-order chi connectivity index (χ1) is 16.7. The number of imide groups is 1. The zero-order valence-corrected chi connectivity index (χ0v) is 20.6. The van der Waals surface area contributed by atoms with Crippen LogP contribution < -0.4 is 20.3 Å². The van der Waals surface area contributed by atoms with Crippen LogP contribution in [-0.4, -0.2) is 26.0 Å². The van der Waals surface area contributed by atoms with Crippen molar-refractivity contribution in [3.8, 4) is 11.5 Å². The van der Waals surface area contributed by atoms with Crippen molar-refractivity contribution >= 4 is 34.9 Å². The van der Waals surface area contributed by atoms with Crippen LogP contribution in [0.3, 0.4) is 0 Å². The summed E-state index contributed by atoms with van der Waals surface area (Å²) in [5, 5.41) is 4.61. The Balaban J connectivity index is 1.47. The van der Waals surface area contributed by atoms with Crippen molar-refractivity contribution in [2.45, 2.75) is 32.6 Å². The number of nitrogens with zero attached hydrogens (tertiary/aromatic N) is 1. The molecule has 0 atom stereocenters. The second kappa shape index (κ2) is 10.4. The maximum Gasteiger partial charge on any atom is 0.326 e. The summed E-state index contributed by atoms with van der Waals surface area (Å²) < 4.78 is 20.2. The number of anilines is 2. The second-order valence-electron chi connectivity index (χ2n) is 8.73. The number of halogens is 2. The zero-order chi connectivity index (χ0) is 25.1. The minimum absolute atomic E-state index is 0.0755. The van der Waals surface area contributed by atoms with Crippen molar-refractivity contribution in [2.24, 2.45) is 0 Å². The smallest absolute Gasteiger partial charge is 0.326 e. The molecule has 2 N–H and O–H groups in total. The topological polar surface area (TPSA) is 70.7 Å². The lowest BCUT2D eigenvalue weighted by Gasteiger charge is -2.26. The average molecular weight is 496 g/mol. The number of fused-ring (bicyclic) bond motifs is 1. The number of aryl methyl sites for hydroxylation is 1. The Kier molecular flexibility index (Phi) is 7.26. The maximum atomic E-state index is 13.9. The van der Waals surface area contributed by atoms with Gasteiger partial charge in [0.05, 0.1) is 10.6 Å². The van der Waals surface area contributed by atoms with Crippen molar-refractivity contribution in [3.63, 3.8) is 0 Å². The summed E-state index contributed by atoms with van der Waals surface area (Å²) in [6, 6.07) is 12.4. The number of hydrogen-bond donors (Lipinski definition) is 2. The molecule has 0 bridgehead atoms. The standard InChI is InChI=1S/C27H27ClFN3O3/c1-16-15-17(30-27(34)31-26(33)25-20(28)9-6-10-21(25)29)11-13-23(16)35-24-14-12-22(32(2)3)18-7-4-5-8-19(18)24/h6,9-15H,4-5,7-8H2,1-3H3,(H2,30,31,33,34). The average Bonchev–Trinajstić information content (AvgIpc) is 2.80. The number of urea groups is 1. The van der Waals surface area contributed by atoms with Crippen molar-refractivity contribution < 1.29 is 18.7 Å². The van der Waals surface area contributed by atoms with E-state index in [1.807, 2.05) is 13.0 Å². The van der Waals surface area contributed by atoms with Gasteiger partial charge in [-0.05, 0) is 86.2 Å². The molecule has 1 aliphatic carbocycles. The van der Waals surface area contributed by atoms with Crippen molar-refractivity contribution in [2.75, 3.05) is 24.3 Å². The van der Waals surface area contributed by atoms with Crippen LogP contribution in [0.2, 0.25) is 5.02 Å². The first-order valence-corrected chi connectivity index (χ1v) is 11.8. The van der Waals surface area contributed by atoms with E-state index in [0.717, 1.165) is 36.6 Å². The Labute approximate surface area is 209 Å². The quantitative estimate of drug-likeness (QED) is 0.424. The predicted molar refractivity (Wildman–Crippen MR) is 137 cm³/mol. The van der Waals surface area contributed by atoms with Gasteiger partial charge in [0.2, 0.25) is 0 Å². The first-order valence-electron chi connectivity index (χ1n) is 11.4. The number of nitrogens with one attached hydrogen (secondary N) is 2. The number of hydrogen-bond acceptors (Lipinski definition) is 4. The molecule has 0 spiro atoms. The van der Waals surface area contributed by atoms with Gasteiger partial charge in [0.15, 0.2) is 0 Å². The minimum atomic E-state index is -0.923. The van der Waals surface area contributed by atoms with E-state index in [2.05, 4.69) is 35.7 Å². The summed E-state index contributed by atoms with van der Waals surface area (Å²) >= 11 is 5.89. The summed E-state index contributed by atoms with van der Waals surface area (Å²) in [4.78, 5) is 26.7. The van der Waals surface area contributed by atoms with Crippen LogP contribution in [0.25, 0.3) is 0 Å². The molecule has 0 radical (unpaired) electrons. The van der Waals surface area contributed by atoms with E-state index in [0.29, 0.717) is 11.4 Å². The summed E-state index contributed by atoms with van der Waals surface area (Å²) in [5.74, 6) is -0.205. The van der Waals surface area contributed by atoms with Crippen LogP contribution in [0, 0.1) is 12.7 Å². The fraction of sp³-hybridized carbons (Fsp3) is 0.259. The van der Waals surface area contributed by atoms with Gasteiger partial charge in [0.1, 0.15) is 17.3 Å². The van der Waals surface area contributed by atoms with Gasteiger partial charge in [0.25, 0.3) is 5.91 Å². The molecule has 0 fully saturated rings. The molecule has 1 aliphatic rings. The van der Waals surface area contributed by atoms with Gasteiger partial charge >= 0.3 is 6.03 Å². The van der Waals surface area contributed by atoms with E-state index in [9.17, 15) is 14.0 Å². The van der Waals surface area contributed by atoms with E-state index >= 15 is 0 Å². The highest BCUT2D eigenvalue weighted by molar-refractivity contribution is 6.34. The molecule has 0 saturated carbocycles. The van der Waals surface area contributed by atoms with Crippen LogP contribution in [-0.2, 0) is 12.8 Å². The fourth-order valence-corrected chi connectivity index (χ4v) is 4.58. The normalized spacial score (nSPS) is 12.5. The van der Waals surface area contributed by atoms with E-state index < -0.39 is 17.8 Å². The number of carbonyl (C=O) groups is 2. The molecular weight excluding hydrogens is 469 g/mol. The molecule has 3 aromatic rings. The van der Waals surface area contributed by atoms with Gasteiger partial charge in [0, 0.05) is 31.0 Å². The molecule has 0 unspecified atom stereocenters. The van der Waals surface area contributed by atoms with E-state index in [-0.39, 0.29) is 10.6 Å². The third-order valence-electron chi connectivity index (χ3n) is 6.02. The Bertz CT molecular complexity index is 1270. The molecule has 3 amide bonds. The van der Waals surface area contributed by atoms with Crippen LogP contribution in [0.4, 0.5) is 20.6 Å². The highest BCUT2D eigenvalue weighted by Crippen LogP contribution is 2.38. The highest BCUT2D eigenvalue weighted by Gasteiger charge is 2.21. The predicted octanol–water partition coefficient (Wildman–Crippen LogP) is 6.49. The minimum Gasteiger partial charge on any atom is -0.457 e. The molecule has 182 valence electrons. The van der Waals surface area contributed by atoms with Gasteiger partial charge in [-0.1, -0.05) is 17.7 Å². The summed E-state index contributed by atoms with van der Waals surface area (Å²) in [6.07, 6.45) is 4.32. The Morgan fingerprint density at radius 1 is 1.00 bits per heavy atom. The number of benzene rings is 3. The van der Waals surface area contributed by atoms with Crippen LogP contribution in [0.5, 0.6) is 11.5 Å². The number of ether oxygens (including phenoxy) is 1. The zero-order valence-electron chi connectivity index (χ0n) is 19.9. The Morgan fingerprint density at radius 2 is 1.71 bits per heavy atom. The maximum absolute atomic E-state index is 13.9. The molecule has 8 heteroatoms. The van der Waals surface area contributed by atoms with Crippen LogP contribution in [0.15, 0.2) is 48.5 Å². The highest BCUT2D eigenvalue weighted by atomic mass is 35.5. The molecule has 35 heavy (non-hydrogen) atoms. The lowest BCUT2D eigenvalue weighted by atomic mass is 9.89. The second-order valence-corrected chi connectivity index (χ2v) is 9.14. The molecule has 0 aliphatic heterocycles. The van der Waals surface area contributed by atoms with Crippen molar-refractivity contribution in [1.82, 2.24) is 5.32 Å². The number of rotatable bonds is 5. The third-order valence-corrected chi connectivity index (χ3v) is 6.33.